The van der Waals surface area contributed by atoms with E-state index in [0.717, 1.165) is 20.1 Å². The molecule has 3 N–H and O–H groups in total. The molecule has 8 nitrogen and oxygen atoms in total. The van der Waals surface area contributed by atoms with E-state index in [-0.39, 0.29) is 24.6 Å². The molecule has 2 aliphatic rings. The van der Waals surface area contributed by atoms with Gasteiger partial charge in [-0.2, -0.15) is 0 Å². The molecule has 0 radical (unpaired) electrons. The van der Waals surface area contributed by atoms with E-state index in [0.29, 0.717) is 56.4 Å². The number of aliphatic hydroxyl groups is 1. The van der Waals surface area contributed by atoms with E-state index >= 15 is 0 Å². The van der Waals surface area contributed by atoms with Gasteiger partial charge in [0.1, 0.15) is 11.5 Å². The lowest BCUT2D eigenvalue weighted by Crippen LogP contribution is -2.62. The van der Waals surface area contributed by atoms with Crippen LogP contribution in [0.5, 0.6) is 11.5 Å². The average Bonchev–Trinajstić information content (AvgIpc) is 3.40. The zero-order chi connectivity index (χ0) is 29.0. The Bertz CT molecular complexity index is 1280. The van der Waals surface area contributed by atoms with Crippen LogP contribution in [-0.4, -0.2) is 73.9 Å². The Hall–Kier alpha value is -2.47. The van der Waals surface area contributed by atoms with Gasteiger partial charge in [0.05, 0.1) is 32.4 Å². The van der Waals surface area contributed by atoms with Gasteiger partial charge in [-0.05, 0) is 54.4 Å². The summed E-state index contributed by atoms with van der Waals surface area (Å²) in [6, 6.07) is 21.6. The van der Waals surface area contributed by atoms with Crippen LogP contribution in [0.3, 0.4) is 0 Å². The number of hydrogen-bond donors (Lipinski definition) is 3. The maximum Gasteiger partial charge on any atom is 0.262 e. The standard InChI is InChI=1S/C31H36Br2N4O4/c1-3-41-27-20-25(40-2)12-13-26(27)31(30(39)37-16-14-36(15-17-37)18-19-38)34-28(21-4-8-23(32)9-5-21)29(35-31)22-6-10-24(33)11-7-22/h4-13,20,28-29,34-35,38H,3,14-19H2,1-2H3. The molecule has 0 bridgehead atoms. The van der Waals surface area contributed by atoms with Crippen LogP contribution in [0.25, 0.3) is 0 Å². The van der Waals surface area contributed by atoms with Gasteiger partial charge in [-0.25, -0.2) is 0 Å². The van der Waals surface area contributed by atoms with Crippen molar-refractivity contribution < 1.29 is 19.4 Å². The monoisotopic (exact) mass is 686 g/mol. The highest BCUT2D eigenvalue weighted by Crippen LogP contribution is 2.45. The van der Waals surface area contributed by atoms with Crippen molar-refractivity contribution in [1.82, 2.24) is 20.4 Å². The first-order chi connectivity index (χ1) is 19.9. The molecule has 0 aromatic heterocycles. The zero-order valence-corrected chi connectivity index (χ0v) is 26.4. The van der Waals surface area contributed by atoms with Crippen molar-refractivity contribution in [3.05, 3.63) is 92.4 Å². The summed E-state index contributed by atoms with van der Waals surface area (Å²) in [6.45, 7) is 5.62. The molecule has 3 aromatic carbocycles. The summed E-state index contributed by atoms with van der Waals surface area (Å²) in [5, 5.41) is 17.0. The van der Waals surface area contributed by atoms with E-state index in [1.165, 1.54) is 0 Å². The Morgan fingerprint density at radius 2 is 1.49 bits per heavy atom. The second-order valence-electron chi connectivity index (χ2n) is 10.2. The lowest BCUT2D eigenvalue weighted by molar-refractivity contribution is -0.141. The van der Waals surface area contributed by atoms with Gasteiger partial charge in [0, 0.05) is 53.3 Å². The number of carbonyl (C=O) groups excluding carboxylic acids is 1. The summed E-state index contributed by atoms with van der Waals surface area (Å²) in [6.07, 6.45) is 0. The topological polar surface area (TPSA) is 86.3 Å². The van der Waals surface area contributed by atoms with Crippen molar-refractivity contribution in [3.63, 3.8) is 0 Å². The minimum absolute atomic E-state index is 0.0611. The second-order valence-corrected chi connectivity index (χ2v) is 12.1. The smallest absolute Gasteiger partial charge is 0.262 e. The number of nitrogens with zero attached hydrogens (tertiary/aromatic N) is 2. The van der Waals surface area contributed by atoms with Crippen LogP contribution >= 0.6 is 31.9 Å². The molecular formula is C31H36Br2N4O4. The number of hydrogen-bond acceptors (Lipinski definition) is 7. The van der Waals surface area contributed by atoms with E-state index < -0.39 is 5.66 Å². The van der Waals surface area contributed by atoms with E-state index in [1.807, 2.05) is 54.3 Å². The molecule has 0 spiro atoms. The number of benzene rings is 3. The number of piperazine rings is 1. The quantitative estimate of drug-likeness (QED) is 0.304. The van der Waals surface area contributed by atoms with Crippen molar-refractivity contribution in [3.8, 4) is 11.5 Å². The van der Waals surface area contributed by atoms with Crippen molar-refractivity contribution in [2.45, 2.75) is 24.7 Å². The average molecular weight is 688 g/mol. The molecule has 0 saturated carbocycles. The van der Waals surface area contributed by atoms with E-state index in [9.17, 15) is 9.90 Å². The van der Waals surface area contributed by atoms with Crippen LogP contribution in [0.4, 0.5) is 0 Å². The number of nitrogens with one attached hydrogen (secondary N) is 2. The largest absolute Gasteiger partial charge is 0.497 e. The van der Waals surface area contributed by atoms with Gasteiger partial charge in [-0.15, -0.1) is 0 Å². The molecule has 2 unspecified atom stereocenters. The highest BCUT2D eigenvalue weighted by Gasteiger charge is 2.54. The van der Waals surface area contributed by atoms with Crippen LogP contribution < -0.4 is 20.1 Å². The summed E-state index contributed by atoms with van der Waals surface area (Å²) in [5.74, 6) is 1.18. The lowest BCUT2D eigenvalue weighted by atomic mass is 9.95. The highest BCUT2D eigenvalue weighted by atomic mass is 79.9. The molecule has 10 heteroatoms. The fourth-order valence-corrected chi connectivity index (χ4v) is 6.26. The van der Waals surface area contributed by atoms with Gasteiger partial charge in [-0.3, -0.25) is 20.3 Å². The third kappa shape index (κ3) is 6.33. The summed E-state index contributed by atoms with van der Waals surface area (Å²) < 4.78 is 13.6. The van der Waals surface area contributed by atoms with E-state index in [2.05, 4.69) is 71.7 Å². The zero-order valence-electron chi connectivity index (χ0n) is 23.3. The van der Waals surface area contributed by atoms with Crippen molar-refractivity contribution in [2.24, 2.45) is 0 Å². The molecule has 2 atom stereocenters. The van der Waals surface area contributed by atoms with Gasteiger partial charge in [0.25, 0.3) is 5.91 Å². The highest BCUT2D eigenvalue weighted by molar-refractivity contribution is 9.10. The number of ether oxygens (including phenoxy) is 2. The molecule has 2 fully saturated rings. The van der Waals surface area contributed by atoms with Crippen LogP contribution in [0.1, 0.15) is 35.7 Å². The van der Waals surface area contributed by atoms with Crippen LogP contribution in [0.15, 0.2) is 75.7 Å². The first kappa shape index (κ1) is 30.0. The Labute approximate surface area is 258 Å². The maximum absolute atomic E-state index is 14.8. The SMILES string of the molecule is CCOc1cc(OC)ccc1C1(C(=O)N2CCN(CCO)CC2)NC(c2ccc(Br)cc2)C(c2ccc(Br)cc2)N1. The number of rotatable bonds is 9. The van der Waals surface area contributed by atoms with Gasteiger partial charge < -0.3 is 19.5 Å². The molecule has 5 rings (SSSR count). The molecule has 2 heterocycles. The fraction of sp³-hybridized carbons (Fsp3) is 0.387. The normalized spacial score (nSPS) is 23.0. The van der Waals surface area contributed by atoms with Crippen LogP contribution in [0.2, 0.25) is 0 Å². The van der Waals surface area contributed by atoms with E-state index in [4.69, 9.17) is 9.47 Å². The molecule has 2 aliphatic heterocycles. The summed E-state index contributed by atoms with van der Waals surface area (Å²) in [5.41, 5.74) is 1.56. The Kier molecular flexibility index (Phi) is 9.68. The number of amides is 1. The minimum Gasteiger partial charge on any atom is -0.497 e. The Morgan fingerprint density at radius 3 is 1.98 bits per heavy atom. The summed E-state index contributed by atoms with van der Waals surface area (Å²) in [7, 11) is 1.62. The van der Waals surface area contributed by atoms with Gasteiger partial charge >= 0.3 is 0 Å². The summed E-state index contributed by atoms with van der Waals surface area (Å²) >= 11 is 7.13. The first-order valence-electron chi connectivity index (χ1n) is 13.9. The maximum atomic E-state index is 14.8. The third-order valence-corrected chi connectivity index (χ3v) is 8.88. The first-order valence-corrected chi connectivity index (χ1v) is 15.5. The Balaban J connectivity index is 1.63. The number of carbonyl (C=O) groups is 1. The van der Waals surface area contributed by atoms with Crippen LogP contribution in [-0.2, 0) is 10.5 Å². The van der Waals surface area contributed by atoms with Crippen molar-refractivity contribution in [2.75, 3.05) is 53.0 Å². The van der Waals surface area contributed by atoms with Gasteiger partial charge in [0.2, 0.25) is 0 Å². The third-order valence-electron chi connectivity index (χ3n) is 7.82. The molecule has 218 valence electrons. The lowest BCUT2D eigenvalue weighted by Gasteiger charge is -2.40. The molecule has 2 saturated heterocycles. The number of β-amino-alcohol motifs (C(OH)–C–C–N with tert-alkyl or cyclic N) is 1. The van der Waals surface area contributed by atoms with Crippen LogP contribution in [0, 0.1) is 0 Å². The Morgan fingerprint density at radius 1 is 0.927 bits per heavy atom. The molecular weight excluding hydrogens is 652 g/mol. The predicted molar refractivity (Wildman–Crippen MR) is 166 cm³/mol. The molecule has 41 heavy (non-hydrogen) atoms. The van der Waals surface area contributed by atoms with Crippen molar-refractivity contribution in [1.29, 1.82) is 0 Å². The minimum atomic E-state index is -1.27. The second kappa shape index (κ2) is 13.2. The molecule has 3 aromatic rings. The fourth-order valence-electron chi connectivity index (χ4n) is 5.73. The molecule has 0 aliphatic carbocycles. The van der Waals surface area contributed by atoms with Gasteiger partial charge in [0.15, 0.2) is 5.66 Å². The molecule has 1 amide bonds. The summed E-state index contributed by atoms with van der Waals surface area (Å²) in [4.78, 5) is 18.9. The van der Waals surface area contributed by atoms with Crippen molar-refractivity contribution >= 4 is 37.8 Å². The van der Waals surface area contributed by atoms with E-state index in [1.54, 1.807) is 7.11 Å². The number of methoxy groups -OCH3 is 1. The predicted octanol–water partition coefficient (Wildman–Crippen LogP) is 4.58. The number of halogens is 2. The number of aliphatic hydroxyl groups excluding tert-OH is 1. The van der Waals surface area contributed by atoms with Gasteiger partial charge in [-0.1, -0.05) is 56.1 Å².